The van der Waals surface area contributed by atoms with Gasteiger partial charge in [0.15, 0.2) is 5.69 Å². The molecule has 0 aliphatic rings. The Morgan fingerprint density at radius 1 is 1.42 bits per heavy atom. The molecule has 0 saturated heterocycles. The predicted molar refractivity (Wildman–Crippen MR) is 86.6 cm³/mol. The van der Waals surface area contributed by atoms with Crippen LogP contribution >= 0.6 is 27.5 Å². The summed E-state index contributed by atoms with van der Waals surface area (Å²) in [6, 6.07) is 0. The van der Waals surface area contributed by atoms with Crippen molar-refractivity contribution < 1.29 is 9.34 Å². The zero-order valence-electron chi connectivity index (χ0n) is 12.6. The maximum absolute atomic E-state index is 10.8. The molecule has 0 atom stereocenters. The van der Waals surface area contributed by atoms with Crippen molar-refractivity contribution in [1.82, 2.24) is 30.2 Å². The van der Waals surface area contributed by atoms with Crippen LogP contribution in [0.3, 0.4) is 0 Å². The van der Waals surface area contributed by atoms with Crippen LogP contribution in [0, 0.1) is 24.0 Å². The molecule has 3 heterocycles. The maximum Gasteiger partial charge on any atom is 0.357 e. The first-order valence-electron chi connectivity index (χ1n) is 6.79. The van der Waals surface area contributed by atoms with Crippen LogP contribution in [-0.2, 0) is 13.0 Å². The largest absolute Gasteiger partial charge is 0.419 e. The number of rotatable bonds is 5. The van der Waals surface area contributed by atoms with Crippen LogP contribution in [0.25, 0.3) is 11.6 Å². The SMILES string of the molecule is Cc1nn(CCc2nnc(-c3n[nH]c([N+](=O)[O-])c3Br)o2)c(C)c1Cl. The van der Waals surface area contributed by atoms with Gasteiger partial charge in [0.2, 0.25) is 5.89 Å². The van der Waals surface area contributed by atoms with Crippen molar-refractivity contribution >= 4 is 33.3 Å². The van der Waals surface area contributed by atoms with Gasteiger partial charge in [0.25, 0.3) is 5.89 Å². The van der Waals surface area contributed by atoms with E-state index < -0.39 is 4.92 Å². The summed E-state index contributed by atoms with van der Waals surface area (Å²) in [5.74, 6) is 0.181. The predicted octanol–water partition coefficient (Wildman–Crippen LogP) is 2.84. The fourth-order valence-electron chi connectivity index (χ4n) is 2.13. The van der Waals surface area contributed by atoms with Crippen molar-refractivity contribution in [3.63, 3.8) is 0 Å². The van der Waals surface area contributed by atoms with E-state index in [0.717, 1.165) is 11.4 Å². The first-order valence-corrected chi connectivity index (χ1v) is 7.96. The Morgan fingerprint density at radius 3 is 2.75 bits per heavy atom. The summed E-state index contributed by atoms with van der Waals surface area (Å²) in [7, 11) is 0. The van der Waals surface area contributed by atoms with E-state index in [1.54, 1.807) is 4.68 Å². The summed E-state index contributed by atoms with van der Waals surface area (Å²) in [5.41, 5.74) is 1.81. The Balaban J connectivity index is 1.76. The van der Waals surface area contributed by atoms with Gasteiger partial charge < -0.3 is 14.5 Å². The van der Waals surface area contributed by atoms with Crippen molar-refractivity contribution in [2.75, 3.05) is 0 Å². The smallest absolute Gasteiger partial charge is 0.357 e. The third-order valence-electron chi connectivity index (χ3n) is 3.37. The van der Waals surface area contributed by atoms with Gasteiger partial charge in [-0.1, -0.05) is 16.7 Å². The number of hydrogen-bond donors (Lipinski definition) is 1. The maximum atomic E-state index is 10.8. The quantitative estimate of drug-likeness (QED) is 0.500. The summed E-state index contributed by atoms with van der Waals surface area (Å²) in [6.45, 7) is 4.23. The molecular formula is C12H11BrClN7O3. The molecule has 1 N–H and O–H groups in total. The zero-order chi connectivity index (χ0) is 17.4. The Morgan fingerprint density at radius 2 is 2.17 bits per heavy atom. The van der Waals surface area contributed by atoms with Gasteiger partial charge in [0, 0.05) is 13.0 Å². The van der Waals surface area contributed by atoms with E-state index in [-0.39, 0.29) is 21.9 Å². The van der Waals surface area contributed by atoms with Crippen LogP contribution in [0.15, 0.2) is 8.89 Å². The van der Waals surface area contributed by atoms with Gasteiger partial charge in [-0.2, -0.15) is 5.10 Å². The van der Waals surface area contributed by atoms with Crippen LogP contribution in [0.2, 0.25) is 5.02 Å². The van der Waals surface area contributed by atoms with Crippen molar-refractivity contribution in [3.05, 3.63) is 36.9 Å². The molecule has 0 unspecified atom stereocenters. The lowest BCUT2D eigenvalue weighted by atomic mass is 10.4. The number of halogens is 2. The van der Waals surface area contributed by atoms with Gasteiger partial charge in [0.05, 0.1) is 16.4 Å². The molecule has 0 saturated carbocycles. The average molecular weight is 417 g/mol. The van der Waals surface area contributed by atoms with Crippen LogP contribution in [0.4, 0.5) is 5.82 Å². The van der Waals surface area contributed by atoms with Gasteiger partial charge in [-0.05, 0) is 34.7 Å². The molecule has 0 spiro atoms. The van der Waals surface area contributed by atoms with Gasteiger partial charge >= 0.3 is 5.82 Å². The summed E-state index contributed by atoms with van der Waals surface area (Å²) < 4.78 is 7.43. The first kappa shape index (κ1) is 16.6. The van der Waals surface area contributed by atoms with E-state index in [1.807, 2.05) is 13.8 Å². The van der Waals surface area contributed by atoms with Gasteiger partial charge in [-0.15, -0.1) is 15.3 Å². The molecule has 126 valence electrons. The van der Waals surface area contributed by atoms with Crippen molar-refractivity contribution in [3.8, 4) is 11.6 Å². The number of aromatic nitrogens is 6. The minimum Gasteiger partial charge on any atom is -0.419 e. The third kappa shape index (κ3) is 2.91. The van der Waals surface area contributed by atoms with Gasteiger partial charge in [0.1, 0.15) is 4.47 Å². The van der Waals surface area contributed by atoms with E-state index in [0.29, 0.717) is 23.9 Å². The standard InChI is InChI=1S/C12H11BrClN7O3/c1-5-9(14)6(2)20(19-5)4-3-7-15-18-12(24-7)10-8(13)11(17-16-10)21(22)23/h3-4H2,1-2H3,(H,16,17). The molecule has 0 aliphatic heterocycles. The summed E-state index contributed by atoms with van der Waals surface area (Å²) in [6.07, 6.45) is 0.440. The molecule has 0 radical (unpaired) electrons. The molecule has 3 aromatic rings. The molecule has 3 aromatic heterocycles. The lowest BCUT2D eigenvalue weighted by Gasteiger charge is -2.01. The second kappa shape index (κ2) is 6.32. The van der Waals surface area contributed by atoms with E-state index in [2.05, 4.69) is 41.4 Å². The molecule has 0 amide bonds. The van der Waals surface area contributed by atoms with E-state index in [1.165, 1.54) is 0 Å². The molecule has 0 aliphatic carbocycles. The fourth-order valence-corrected chi connectivity index (χ4v) is 2.75. The van der Waals surface area contributed by atoms with E-state index in [4.69, 9.17) is 16.0 Å². The highest BCUT2D eigenvalue weighted by Crippen LogP contribution is 2.32. The van der Waals surface area contributed by atoms with Crippen molar-refractivity contribution in [1.29, 1.82) is 0 Å². The Hall–Kier alpha value is -2.27. The normalized spacial score (nSPS) is 11.2. The number of nitro groups is 1. The second-order valence-electron chi connectivity index (χ2n) is 4.95. The van der Waals surface area contributed by atoms with Crippen LogP contribution in [0.1, 0.15) is 17.3 Å². The lowest BCUT2D eigenvalue weighted by Crippen LogP contribution is -2.05. The number of aryl methyl sites for hydroxylation is 3. The molecule has 12 heteroatoms. The average Bonchev–Trinajstić information content (AvgIpc) is 3.20. The first-order chi connectivity index (χ1) is 11.4. The molecular weight excluding hydrogens is 406 g/mol. The highest BCUT2D eigenvalue weighted by molar-refractivity contribution is 9.10. The molecule has 24 heavy (non-hydrogen) atoms. The van der Waals surface area contributed by atoms with Crippen LogP contribution in [0.5, 0.6) is 0 Å². The van der Waals surface area contributed by atoms with Gasteiger partial charge in [-0.25, -0.2) is 0 Å². The summed E-state index contributed by atoms with van der Waals surface area (Å²) in [4.78, 5) is 10.2. The molecule has 3 rings (SSSR count). The van der Waals surface area contributed by atoms with Crippen LogP contribution < -0.4 is 0 Å². The topological polar surface area (TPSA) is 129 Å². The fraction of sp³-hybridized carbons (Fsp3) is 0.333. The van der Waals surface area contributed by atoms with Crippen molar-refractivity contribution in [2.24, 2.45) is 0 Å². The van der Waals surface area contributed by atoms with E-state index >= 15 is 0 Å². The molecule has 10 nitrogen and oxygen atoms in total. The molecule has 0 bridgehead atoms. The van der Waals surface area contributed by atoms with Crippen molar-refractivity contribution in [2.45, 2.75) is 26.8 Å². The highest BCUT2D eigenvalue weighted by atomic mass is 79.9. The highest BCUT2D eigenvalue weighted by Gasteiger charge is 2.24. The molecule has 0 aromatic carbocycles. The Labute approximate surface area is 148 Å². The number of aromatic amines is 1. The van der Waals surface area contributed by atoms with Gasteiger partial charge in [-0.3, -0.25) is 4.68 Å². The third-order valence-corrected chi connectivity index (χ3v) is 4.67. The Bertz CT molecular complexity index is 916. The summed E-state index contributed by atoms with van der Waals surface area (Å²) in [5, 5.41) is 29.7. The second-order valence-corrected chi connectivity index (χ2v) is 6.12. The Kier molecular flexibility index (Phi) is 4.37. The summed E-state index contributed by atoms with van der Waals surface area (Å²) >= 11 is 9.20. The minimum absolute atomic E-state index is 0.0904. The van der Waals surface area contributed by atoms with Crippen LogP contribution in [-0.4, -0.2) is 35.1 Å². The zero-order valence-corrected chi connectivity index (χ0v) is 14.9. The number of nitrogens with zero attached hydrogens (tertiary/aromatic N) is 6. The monoisotopic (exact) mass is 415 g/mol. The minimum atomic E-state index is -0.593. The number of hydrogen-bond acceptors (Lipinski definition) is 7. The lowest BCUT2D eigenvalue weighted by molar-refractivity contribution is -0.390. The number of H-pyrrole nitrogens is 1. The van der Waals surface area contributed by atoms with E-state index in [9.17, 15) is 10.1 Å². The molecule has 0 fully saturated rings. The number of nitrogens with one attached hydrogen (secondary N) is 1.